The van der Waals surface area contributed by atoms with Gasteiger partial charge in [-0.3, -0.25) is 0 Å². The van der Waals surface area contributed by atoms with E-state index in [9.17, 15) is 0 Å². The van der Waals surface area contributed by atoms with E-state index in [0.29, 0.717) is 11.8 Å². The molecule has 6 rings (SSSR count). The molecule has 0 aromatic heterocycles. The summed E-state index contributed by atoms with van der Waals surface area (Å²) < 4.78 is 5.43. The van der Waals surface area contributed by atoms with Crippen LogP contribution in [0, 0.1) is 11.8 Å². The Morgan fingerprint density at radius 1 is 0.569 bits per heavy atom. The van der Waals surface area contributed by atoms with E-state index in [4.69, 9.17) is 0 Å². The standard InChI is InChI=1S/C41H49.C9H18.C5H5.2ClH.Zr/c1-38(2,3)30-17-13-26(14-18-30)34-22-28-21-29-23-35(27-15-19-31(20-16-27)39(4,5)6)37(41(10,11)12)25-33(29)32(28)24-36(34)40(7,8)9;1-8(2)6-5-7-9(3)4;1-2-4-5-3-1;;;/h13-20,22,24-25H,21H2,1-12H3;8-9H,6-7H2,1-4H3;1-3H,4H2;2*1H;. The molecule has 0 unspecified atom stereocenters. The molecule has 0 amide bonds. The molecule has 4 aromatic carbocycles. The van der Waals surface area contributed by atoms with Gasteiger partial charge in [0.2, 0.25) is 0 Å². The zero-order chi connectivity index (χ0) is 41.1. The zero-order valence-electron chi connectivity index (χ0n) is 38.9. The van der Waals surface area contributed by atoms with E-state index in [-0.39, 0.29) is 46.5 Å². The van der Waals surface area contributed by atoms with Crippen molar-refractivity contribution in [3.8, 4) is 33.4 Å². The number of rotatable bonds is 8. The summed E-state index contributed by atoms with van der Waals surface area (Å²) in [4.78, 5) is 0. The summed E-state index contributed by atoms with van der Waals surface area (Å²) in [5, 5.41) is 0. The topological polar surface area (TPSA) is 0 Å². The molecule has 0 spiro atoms. The Bertz CT molecular complexity index is 2180. The summed E-state index contributed by atoms with van der Waals surface area (Å²) in [6, 6.07) is 27.2. The average molecular weight is 897 g/mol. The molecule has 2 aliphatic carbocycles. The van der Waals surface area contributed by atoms with E-state index in [1.807, 2.05) is 3.21 Å². The van der Waals surface area contributed by atoms with Crippen molar-refractivity contribution in [1.29, 1.82) is 0 Å². The van der Waals surface area contributed by atoms with E-state index in [0.717, 1.165) is 12.8 Å². The molecule has 0 N–H and O–H groups in total. The van der Waals surface area contributed by atoms with E-state index >= 15 is 0 Å². The van der Waals surface area contributed by atoms with Crippen LogP contribution in [-0.4, -0.2) is 3.21 Å². The SMILES string of the molecule is CC(C)C[C](CC(C)C)=[Zr]([C]1=CC=CC1)[c]1c2c(cc(C(C)(C)C)c1-c1ccc(C(C)(C)C)cc1)-c1cc(C(C)(C)C)c(-c3ccc(C(C)(C)C)cc3)cc1C2.Cl.Cl. The third kappa shape index (κ3) is 10.2. The van der Waals surface area contributed by atoms with Crippen LogP contribution >= 0.6 is 24.8 Å². The molecule has 0 radical (unpaired) electrons. The molecular weight excluding hydrogens is 823 g/mol. The monoisotopic (exact) mass is 894 g/mol. The molecule has 4 aromatic rings. The van der Waals surface area contributed by atoms with Crippen LogP contribution in [-0.2, 0) is 49.3 Å². The van der Waals surface area contributed by atoms with Crippen molar-refractivity contribution in [2.75, 3.05) is 0 Å². The second-order valence-electron chi connectivity index (χ2n) is 22.1. The molecule has 0 bridgehead atoms. The molecule has 0 saturated heterocycles. The fraction of sp³-hybridized carbons (Fsp3) is 0.473. The van der Waals surface area contributed by atoms with Gasteiger partial charge in [0.25, 0.3) is 0 Å². The van der Waals surface area contributed by atoms with Gasteiger partial charge in [0.15, 0.2) is 0 Å². The molecule has 0 saturated carbocycles. The summed E-state index contributed by atoms with van der Waals surface area (Å²) in [5.74, 6) is 1.28. The smallest absolute Gasteiger partial charge is 0.147 e. The molecule has 58 heavy (non-hydrogen) atoms. The maximum absolute atomic E-state index is 2.70. The number of allylic oxidation sites excluding steroid dienone is 4. The van der Waals surface area contributed by atoms with Crippen LogP contribution in [0.25, 0.3) is 33.4 Å². The first-order valence-electron chi connectivity index (χ1n) is 21.6. The number of fused-ring (bicyclic) bond motifs is 3. The molecule has 0 aliphatic heterocycles. The molecule has 0 nitrogen and oxygen atoms in total. The number of benzene rings is 4. The Morgan fingerprint density at radius 2 is 1.05 bits per heavy atom. The molecular formula is C55H74Cl2Zr. The van der Waals surface area contributed by atoms with Crippen molar-refractivity contribution in [2.24, 2.45) is 11.8 Å². The summed E-state index contributed by atoms with van der Waals surface area (Å²) in [7, 11) is 0. The predicted octanol–water partition coefficient (Wildman–Crippen LogP) is 16.0. The summed E-state index contributed by atoms with van der Waals surface area (Å²) >= 11 is -2.70. The molecule has 0 heterocycles. The quantitative estimate of drug-likeness (QED) is 0.146. The Labute approximate surface area is 374 Å². The van der Waals surface area contributed by atoms with Crippen molar-refractivity contribution in [2.45, 2.75) is 158 Å². The van der Waals surface area contributed by atoms with Gasteiger partial charge in [-0.25, -0.2) is 0 Å². The fourth-order valence-electron chi connectivity index (χ4n) is 9.16. The van der Waals surface area contributed by atoms with E-state index in [2.05, 4.69) is 196 Å². The minimum Gasteiger partial charge on any atom is -0.147 e. The predicted molar refractivity (Wildman–Crippen MR) is 260 cm³/mol. The molecule has 3 heteroatoms. The van der Waals surface area contributed by atoms with Gasteiger partial charge in [-0.1, -0.05) is 0 Å². The van der Waals surface area contributed by atoms with Gasteiger partial charge in [0, 0.05) is 0 Å². The fourth-order valence-corrected chi connectivity index (χ4v) is 19.0. The van der Waals surface area contributed by atoms with Crippen LogP contribution in [0.3, 0.4) is 0 Å². The van der Waals surface area contributed by atoms with E-state index < -0.39 is 21.3 Å². The van der Waals surface area contributed by atoms with E-state index in [1.54, 1.807) is 17.7 Å². The number of halogens is 2. The largest absolute Gasteiger partial charge is 0.147 e. The first-order chi connectivity index (χ1) is 25.9. The Balaban J connectivity index is 0.00000372. The van der Waals surface area contributed by atoms with Crippen molar-refractivity contribution in [3.63, 3.8) is 0 Å². The van der Waals surface area contributed by atoms with Gasteiger partial charge in [0.1, 0.15) is 0 Å². The molecule has 2 aliphatic rings. The Kier molecular flexibility index (Phi) is 15.0. The molecule has 0 atom stereocenters. The van der Waals surface area contributed by atoms with Crippen LogP contribution in [0.5, 0.6) is 0 Å². The summed E-state index contributed by atoms with van der Waals surface area (Å²) in [6.07, 6.45) is 11.9. The normalized spacial score (nSPS) is 13.9. The second kappa shape index (κ2) is 18.0. The van der Waals surface area contributed by atoms with Crippen LogP contribution < -0.4 is 3.27 Å². The minimum atomic E-state index is -2.70. The number of hydrogen-bond donors (Lipinski definition) is 0. The van der Waals surface area contributed by atoms with Gasteiger partial charge < -0.3 is 0 Å². The number of hydrogen-bond acceptors (Lipinski definition) is 0. The maximum Gasteiger partial charge on any atom is -0.147 e. The minimum absolute atomic E-state index is 0. The van der Waals surface area contributed by atoms with Gasteiger partial charge >= 0.3 is 353 Å². The third-order valence-corrected chi connectivity index (χ3v) is 19.9. The van der Waals surface area contributed by atoms with Gasteiger partial charge in [-0.2, -0.15) is 0 Å². The third-order valence-electron chi connectivity index (χ3n) is 12.1. The second-order valence-corrected chi connectivity index (χ2v) is 28.5. The zero-order valence-corrected chi connectivity index (χ0v) is 43.0. The van der Waals surface area contributed by atoms with Crippen molar-refractivity contribution in [3.05, 3.63) is 122 Å². The van der Waals surface area contributed by atoms with Gasteiger partial charge in [0.05, 0.1) is 0 Å². The first kappa shape index (κ1) is 48.4. The first-order valence-corrected chi connectivity index (χ1v) is 25.3. The Hall–Kier alpha value is -2.31. The van der Waals surface area contributed by atoms with Crippen LogP contribution in [0.1, 0.15) is 163 Å². The summed E-state index contributed by atoms with van der Waals surface area (Å²) in [5.41, 5.74) is 17.8. The van der Waals surface area contributed by atoms with Crippen LogP contribution in [0.15, 0.2) is 88.2 Å². The van der Waals surface area contributed by atoms with E-state index in [1.165, 1.54) is 68.5 Å². The Morgan fingerprint density at radius 3 is 1.48 bits per heavy atom. The van der Waals surface area contributed by atoms with Crippen molar-refractivity contribution in [1.82, 2.24) is 0 Å². The van der Waals surface area contributed by atoms with Gasteiger partial charge in [-0.15, -0.1) is 24.8 Å². The molecule has 312 valence electrons. The van der Waals surface area contributed by atoms with Gasteiger partial charge in [-0.05, 0) is 0 Å². The summed E-state index contributed by atoms with van der Waals surface area (Å²) in [6.45, 7) is 38.3. The van der Waals surface area contributed by atoms with Crippen LogP contribution in [0.2, 0.25) is 0 Å². The average Bonchev–Trinajstić information content (AvgIpc) is 3.74. The van der Waals surface area contributed by atoms with Crippen molar-refractivity contribution < 1.29 is 21.3 Å². The maximum atomic E-state index is 2.66. The van der Waals surface area contributed by atoms with Crippen molar-refractivity contribution >= 4 is 31.3 Å². The molecule has 0 fully saturated rings. The van der Waals surface area contributed by atoms with Crippen LogP contribution in [0.4, 0.5) is 0 Å².